The van der Waals surface area contributed by atoms with Gasteiger partial charge in [-0.3, -0.25) is 5.10 Å². The van der Waals surface area contributed by atoms with Gasteiger partial charge in [0, 0.05) is 17.5 Å². The first-order chi connectivity index (χ1) is 15.2. The summed E-state index contributed by atoms with van der Waals surface area (Å²) in [7, 11) is 0. The van der Waals surface area contributed by atoms with Gasteiger partial charge in [0.25, 0.3) is 0 Å². The monoisotopic (exact) mass is 414 g/mol. The number of aromatic amines is 1. The second kappa shape index (κ2) is 7.83. The molecule has 0 bridgehead atoms. The van der Waals surface area contributed by atoms with Gasteiger partial charge in [-0.1, -0.05) is 42.5 Å². The van der Waals surface area contributed by atoms with Crippen LogP contribution in [0.4, 0.5) is 32.1 Å². The third kappa shape index (κ3) is 3.91. The van der Waals surface area contributed by atoms with E-state index in [-0.39, 0.29) is 11.6 Å². The van der Waals surface area contributed by atoms with Crippen LogP contribution in [-0.2, 0) is 0 Å². The first kappa shape index (κ1) is 18.7. The molecule has 0 radical (unpaired) electrons. The van der Waals surface area contributed by atoms with Crippen LogP contribution in [0.15, 0.2) is 78.9 Å². The summed E-state index contributed by atoms with van der Waals surface area (Å²) in [5, 5.41) is 14.1. The molecule has 2 aromatic heterocycles. The Bertz CT molecular complexity index is 1370. The second-order valence-corrected chi connectivity index (χ2v) is 6.82. The smallest absolute Gasteiger partial charge is 0.229 e. The van der Waals surface area contributed by atoms with Gasteiger partial charge in [-0.25, -0.2) is 13.8 Å². The lowest BCUT2D eigenvalue weighted by Gasteiger charge is -2.11. The number of hydrogen-bond donors (Lipinski definition) is 3. The van der Waals surface area contributed by atoms with E-state index in [2.05, 4.69) is 30.8 Å². The average Bonchev–Trinajstić information content (AvgIpc) is 3.25. The fraction of sp³-hybridized carbons (Fsp3) is 0. The van der Waals surface area contributed by atoms with Gasteiger partial charge in [0.2, 0.25) is 5.95 Å². The molecule has 0 aliphatic rings. The van der Waals surface area contributed by atoms with Gasteiger partial charge in [0.05, 0.1) is 16.9 Å². The molecule has 6 nitrogen and oxygen atoms in total. The molecule has 3 aromatic carbocycles. The predicted octanol–water partition coefficient (Wildman–Crippen LogP) is 5.79. The lowest BCUT2D eigenvalue weighted by Crippen LogP contribution is -2.03. The quantitative estimate of drug-likeness (QED) is 0.340. The SMILES string of the molecule is Fc1ccc(Nc2nc(Nc3cc(-c4ccccc4)[nH]n3)c3ccccc3n2)c(F)c1. The molecular weight excluding hydrogens is 398 g/mol. The van der Waals surface area contributed by atoms with Crippen LogP contribution in [-0.4, -0.2) is 20.2 Å². The van der Waals surface area contributed by atoms with Crippen molar-refractivity contribution in [3.8, 4) is 11.3 Å². The zero-order valence-electron chi connectivity index (χ0n) is 16.1. The summed E-state index contributed by atoms with van der Waals surface area (Å²) in [6.07, 6.45) is 0. The van der Waals surface area contributed by atoms with Crippen molar-refractivity contribution in [2.75, 3.05) is 10.6 Å². The van der Waals surface area contributed by atoms with Crippen LogP contribution in [0, 0.1) is 11.6 Å². The lowest BCUT2D eigenvalue weighted by molar-refractivity contribution is 0.586. The third-order valence-electron chi connectivity index (χ3n) is 4.69. The minimum Gasteiger partial charge on any atom is -0.323 e. The predicted molar refractivity (Wildman–Crippen MR) is 116 cm³/mol. The van der Waals surface area contributed by atoms with E-state index in [9.17, 15) is 8.78 Å². The molecule has 5 rings (SSSR count). The maximum Gasteiger partial charge on any atom is 0.229 e. The average molecular weight is 414 g/mol. The number of anilines is 4. The summed E-state index contributed by atoms with van der Waals surface area (Å²) in [6.45, 7) is 0. The van der Waals surface area contributed by atoms with Crippen LogP contribution in [0.3, 0.4) is 0 Å². The summed E-state index contributed by atoms with van der Waals surface area (Å²) < 4.78 is 27.3. The molecule has 0 saturated carbocycles. The number of H-pyrrole nitrogens is 1. The van der Waals surface area contributed by atoms with Crippen molar-refractivity contribution in [2.24, 2.45) is 0 Å². The minimum atomic E-state index is -0.730. The highest BCUT2D eigenvalue weighted by molar-refractivity contribution is 5.91. The second-order valence-electron chi connectivity index (χ2n) is 6.82. The van der Waals surface area contributed by atoms with E-state index in [1.807, 2.05) is 60.7 Å². The van der Waals surface area contributed by atoms with E-state index in [1.54, 1.807) is 0 Å². The Kier molecular flexibility index (Phi) is 4.72. The highest BCUT2D eigenvalue weighted by Crippen LogP contribution is 2.28. The summed E-state index contributed by atoms with van der Waals surface area (Å²) in [4.78, 5) is 8.93. The zero-order valence-corrected chi connectivity index (χ0v) is 16.1. The number of aromatic nitrogens is 4. The summed E-state index contributed by atoms with van der Waals surface area (Å²) in [5.74, 6) is -0.141. The van der Waals surface area contributed by atoms with Crippen molar-refractivity contribution in [1.29, 1.82) is 0 Å². The molecule has 3 N–H and O–H groups in total. The summed E-state index contributed by atoms with van der Waals surface area (Å²) in [6, 6.07) is 22.4. The Morgan fingerprint density at radius 3 is 2.42 bits per heavy atom. The highest BCUT2D eigenvalue weighted by Gasteiger charge is 2.12. The molecule has 0 unspecified atom stereocenters. The van der Waals surface area contributed by atoms with Crippen molar-refractivity contribution in [3.63, 3.8) is 0 Å². The van der Waals surface area contributed by atoms with Crippen LogP contribution in [0.1, 0.15) is 0 Å². The topological polar surface area (TPSA) is 78.5 Å². The molecule has 2 heterocycles. The van der Waals surface area contributed by atoms with E-state index in [4.69, 9.17) is 0 Å². The zero-order chi connectivity index (χ0) is 21.2. The first-order valence-electron chi connectivity index (χ1n) is 9.52. The van der Waals surface area contributed by atoms with E-state index in [0.717, 1.165) is 22.7 Å². The molecule has 31 heavy (non-hydrogen) atoms. The van der Waals surface area contributed by atoms with E-state index < -0.39 is 11.6 Å². The third-order valence-corrected chi connectivity index (χ3v) is 4.69. The van der Waals surface area contributed by atoms with Crippen LogP contribution < -0.4 is 10.6 Å². The number of benzene rings is 3. The lowest BCUT2D eigenvalue weighted by atomic mass is 10.1. The van der Waals surface area contributed by atoms with Gasteiger partial charge in [-0.15, -0.1) is 0 Å². The van der Waals surface area contributed by atoms with Crippen molar-refractivity contribution in [3.05, 3.63) is 90.5 Å². The van der Waals surface area contributed by atoms with Crippen molar-refractivity contribution >= 4 is 34.2 Å². The number of hydrogen-bond acceptors (Lipinski definition) is 5. The molecule has 0 fully saturated rings. The molecule has 0 saturated heterocycles. The molecule has 5 aromatic rings. The number of para-hydroxylation sites is 1. The van der Waals surface area contributed by atoms with Crippen LogP contribution in [0.25, 0.3) is 22.2 Å². The maximum absolute atomic E-state index is 14.1. The number of nitrogens with zero attached hydrogens (tertiary/aromatic N) is 3. The number of rotatable bonds is 5. The fourth-order valence-corrected chi connectivity index (χ4v) is 3.21. The molecule has 0 aliphatic carbocycles. The van der Waals surface area contributed by atoms with E-state index in [0.29, 0.717) is 17.2 Å². The Morgan fingerprint density at radius 1 is 0.774 bits per heavy atom. The Labute approximate surface area is 176 Å². The van der Waals surface area contributed by atoms with Crippen LogP contribution in [0.5, 0.6) is 0 Å². The van der Waals surface area contributed by atoms with Crippen molar-refractivity contribution in [1.82, 2.24) is 20.2 Å². The van der Waals surface area contributed by atoms with Gasteiger partial charge >= 0.3 is 0 Å². The molecule has 0 amide bonds. The van der Waals surface area contributed by atoms with Crippen LogP contribution in [0.2, 0.25) is 0 Å². The largest absolute Gasteiger partial charge is 0.323 e. The molecule has 0 aliphatic heterocycles. The Hall–Kier alpha value is -4.33. The fourth-order valence-electron chi connectivity index (χ4n) is 3.21. The number of fused-ring (bicyclic) bond motifs is 1. The van der Waals surface area contributed by atoms with Gasteiger partial charge in [0.1, 0.15) is 17.5 Å². The molecule has 152 valence electrons. The van der Waals surface area contributed by atoms with Gasteiger partial charge in [-0.05, 0) is 29.8 Å². The minimum absolute atomic E-state index is 0.0776. The Morgan fingerprint density at radius 2 is 1.58 bits per heavy atom. The van der Waals surface area contributed by atoms with Crippen LogP contribution >= 0.6 is 0 Å². The summed E-state index contributed by atoms with van der Waals surface area (Å²) >= 11 is 0. The molecule has 8 heteroatoms. The van der Waals surface area contributed by atoms with E-state index >= 15 is 0 Å². The molecule has 0 spiro atoms. The first-order valence-corrected chi connectivity index (χ1v) is 9.52. The van der Waals surface area contributed by atoms with Crippen molar-refractivity contribution < 1.29 is 8.78 Å². The molecular formula is C23H16F2N6. The standard InChI is InChI=1S/C23H16F2N6/c24-15-10-11-19(17(25)12-15)27-23-26-18-9-5-4-8-16(18)22(29-23)28-21-13-20(30-31-21)14-6-2-1-3-7-14/h1-13H,(H3,26,27,28,29,30,31). The number of nitrogens with one attached hydrogen (secondary N) is 3. The highest BCUT2D eigenvalue weighted by atomic mass is 19.1. The Balaban J connectivity index is 1.50. The molecule has 0 atom stereocenters. The van der Waals surface area contributed by atoms with Gasteiger partial charge in [-0.2, -0.15) is 10.1 Å². The van der Waals surface area contributed by atoms with Gasteiger partial charge in [0.15, 0.2) is 5.82 Å². The van der Waals surface area contributed by atoms with E-state index in [1.165, 1.54) is 12.1 Å². The number of halogens is 2. The summed E-state index contributed by atoms with van der Waals surface area (Å²) in [5.41, 5.74) is 2.59. The maximum atomic E-state index is 14.1. The van der Waals surface area contributed by atoms with Crippen molar-refractivity contribution in [2.45, 2.75) is 0 Å². The van der Waals surface area contributed by atoms with Gasteiger partial charge < -0.3 is 10.6 Å². The normalized spacial score (nSPS) is 10.9.